The fourth-order valence-electron chi connectivity index (χ4n) is 2.69. The molecule has 0 saturated carbocycles. The van der Waals surface area contributed by atoms with Crippen LogP contribution in [0.1, 0.15) is 25.7 Å². The quantitative estimate of drug-likeness (QED) is 0.699. The molecule has 0 aliphatic carbocycles. The van der Waals surface area contributed by atoms with Crippen molar-refractivity contribution in [2.75, 3.05) is 13.6 Å². The Kier molecular flexibility index (Phi) is 4.24. The fraction of sp³-hybridized carbons (Fsp3) is 0.412. The number of rotatable bonds is 6. The molecule has 3 aromatic rings. The van der Waals surface area contributed by atoms with Gasteiger partial charge in [-0.05, 0) is 26.1 Å². The smallest absolute Gasteiger partial charge is 0.241 e. The van der Waals surface area contributed by atoms with Crippen LogP contribution in [0.3, 0.4) is 0 Å². The van der Waals surface area contributed by atoms with Gasteiger partial charge in [-0.25, -0.2) is 0 Å². The number of hydrogen-bond acceptors (Lipinski definition) is 4. The number of nitrogens with zero attached hydrogens (tertiary/aromatic N) is 4. The number of aromatic nitrogens is 3. The minimum Gasteiger partial charge on any atom is -0.350 e. The van der Waals surface area contributed by atoms with E-state index in [2.05, 4.69) is 51.9 Å². The highest BCUT2D eigenvalue weighted by Gasteiger charge is 2.15. The van der Waals surface area contributed by atoms with Gasteiger partial charge in [-0.1, -0.05) is 36.7 Å². The van der Waals surface area contributed by atoms with Crippen LogP contribution in [0.4, 0.5) is 0 Å². The van der Waals surface area contributed by atoms with Gasteiger partial charge in [-0.3, -0.25) is 4.90 Å². The first-order valence-electron chi connectivity index (χ1n) is 7.74. The molecule has 0 spiro atoms. The molecule has 3 rings (SSSR count). The van der Waals surface area contributed by atoms with E-state index in [1.807, 2.05) is 19.2 Å². The lowest BCUT2D eigenvalue weighted by Gasteiger charge is -2.12. The van der Waals surface area contributed by atoms with Crippen molar-refractivity contribution in [1.29, 1.82) is 0 Å². The molecule has 0 amide bonds. The lowest BCUT2D eigenvalue weighted by atomic mass is 10.2. The first-order chi connectivity index (χ1) is 10.7. The molecule has 0 unspecified atom stereocenters. The summed E-state index contributed by atoms with van der Waals surface area (Å²) in [6.45, 7) is 3.93. The van der Waals surface area contributed by atoms with Crippen molar-refractivity contribution in [2.24, 2.45) is 7.05 Å². The summed E-state index contributed by atoms with van der Waals surface area (Å²) in [5.41, 5.74) is 2.19. The van der Waals surface area contributed by atoms with Crippen LogP contribution in [-0.4, -0.2) is 33.2 Å². The van der Waals surface area contributed by atoms with E-state index in [0.29, 0.717) is 18.3 Å². The third-order valence-electron chi connectivity index (χ3n) is 3.90. The molecular weight excluding hydrogens is 276 g/mol. The predicted molar refractivity (Wildman–Crippen MR) is 87.5 cm³/mol. The molecule has 2 aromatic heterocycles. The van der Waals surface area contributed by atoms with Crippen molar-refractivity contribution >= 4 is 10.9 Å². The molecule has 0 radical (unpaired) electrons. The van der Waals surface area contributed by atoms with Gasteiger partial charge < -0.3 is 9.09 Å². The molecule has 5 heteroatoms. The highest BCUT2D eigenvalue weighted by atomic mass is 16.5. The van der Waals surface area contributed by atoms with E-state index >= 15 is 0 Å². The molecule has 0 atom stereocenters. The molecule has 22 heavy (non-hydrogen) atoms. The molecule has 0 saturated heterocycles. The summed E-state index contributed by atoms with van der Waals surface area (Å²) in [7, 11) is 4.11. The van der Waals surface area contributed by atoms with E-state index in [9.17, 15) is 0 Å². The number of para-hydroxylation sites is 1. The van der Waals surface area contributed by atoms with Crippen molar-refractivity contribution in [1.82, 2.24) is 19.6 Å². The molecule has 0 bridgehead atoms. The second-order valence-electron chi connectivity index (χ2n) is 5.77. The van der Waals surface area contributed by atoms with Crippen LogP contribution in [0.25, 0.3) is 22.3 Å². The Bertz CT molecular complexity index is 759. The van der Waals surface area contributed by atoms with Gasteiger partial charge in [-0.2, -0.15) is 4.98 Å². The van der Waals surface area contributed by atoms with Crippen LogP contribution in [0.5, 0.6) is 0 Å². The number of aryl methyl sites for hydroxylation is 1. The Morgan fingerprint density at radius 1 is 1.27 bits per heavy atom. The largest absolute Gasteiger partial charge is 0.350 e. The number of hydrogen-bond donors (Lipinski definition) is 0. The highest BCUT2D eigenvalue weighted by molar-refractivity contribution is 5.94. The van der Waals surface area contributed by atoms with Gasteiger partial charge in [-0.15, -0.1) is 0 Å². The SMILES string of the molecule is CCCCN(C)Cc1nc(-c2cn(C)c3ccccc23)no1. The Hall–Kier alpha value is -2.14. The van der Waals surface area contributed by atoms with Crippen molar-refractivity contribution in [2.45, 2.75) is 26.3 Å². The minimum atomic E-state index is 0.663. The van der Waals surface area contributed by atoms with E-state index in [0.717, 1.165) is 17.5 Å². The van der Waals surface area contributed by atoms with E-state index < -0.39 is 0 Å². The number of fused-ring (bicyclic) bond motifs is 1. The number of unbranched alkanes of at least 4 members (excludes halogenated alkanes) is 1. The van der Waals surface area contributed by atoms with Crippen molar-refractivity contribution < 1.29 is 4.52 Å². The van der Waals surface area contributed by atoms with Gasteiger partial charge in [0.15, 0.2) is 0 Å². The summed E-state index contributed by atoms with van der Waals surface area (Å²) >= 11 is 0. The standard InChI is InChI=1S/C17H22N4O/c1-4-5-10-20(2)12-16-18-17(19-22-16)14-11-21(3)15-9-7-6-8-13(14)15/h6-9,11H,4-5,10,12H2,1-3H3. The van der Waals surface area contributed by atoms with Crippen LogP contribution in [0.15, 0.2) is 35.0 Å². The lowest BCUT2D eigenvalue weighted by molar-refractivity contribution is 0.264. The van der Waals surface area contributed by atoms with Gasteiger partial charge >= 0.3 is 0 Å². The molecule has 2 heterocycles. The Labute approximate surface area is 130 Å². The van der Waals surface area contributed by atoms with E-state index in [1.54, 1.807) is 0 Å². The van der Waals surface area contributed by atoms with Gasteiger partial charge in [0.25, 0.3) is 0 Å². The van der Waals surface area contributed by atoms with Crippen LogP contribution in [0, 0.1) is 0 Å². The molecular formula is C17H22N4O. The maximum Gasteiger partial charge on any atom is 0.241 e. The van der Waals surface area contributed by atoms with E-state index in [4.69, 9.17) is 4.52 Å². The molecule has 5 nitrogen and oxygen atoms in total. The van der Waals surface area contributed by atoms with Crippen molar-refractivity contribution in [3.8, 4) is 11.4 Å². The predicted octanol–water partition coefficient (Wildman–Crippen LogP) is 3.46. The number of benzene rings is 1. The zero-order valence-electron chi connectivity index (χ0n) is 13.4. The molecule has 0 fully saturated rings. The Morgan fingerprint density at radius 3 is 2.91 bits per heavy atom. The zero-order chi connectivity index (χ0) is 15.5. The van der Waals surface area contributed by atoms with Gasteiger partial charge in [0.1, 0.15) is 0 Å². The van der Waals surface area contributed by atoms with Crippen LogP contribution >= 0.6 is 0 Å². The Balaban J connectivity index is 1.84. The second kappa shape index (κ2) is 6.32. The maximum atomic E-state index is 5.42. The third-order valence-corrected chi connectivity index (χ3v) is 3.90. The first-order valence-corrected chi connectivity index (χ1v) is 7.74. The van der Waals surface area contributed by atoms with Gasteiger partial charge in [0, 0.05) is 29.7 Å². The highest BCUT2D eigenvalue weighted by Crippen LogP contribution is 2.28. The van der Waals surface area contributed by atoms with Gasteiger partial charge in [0.05, 0.1) is 6.54 Å². The molecule has 1 aromatic carbocycles. The molecule has 0 aliphatic rings. The third kappa shape index (κ3) is 2.90. The molecule has 0 N–H and O–H groups in total. The summed E-state index contributed by atoms with van der Waals surface area (Å²) in [4.78, 5) is 6.77. The van der Waals surface area contributed by atoms with Crippen LogP contribution in [0.2, 0.25) is 0 Å². The van der Waals surface area contributed by atoms with E-state index in [1.165, 1.54) is 18.4 Å². The summed E-state index contributed by atoms with van der Waals surface area (Å²) < 4.78 is 7.51. The van der Waals surface area contributed by atoms with Crippen molar-refractivity contribution in [3.05, 3.63) is 36.4 Å². The summed E-state index contributed by atoms with van der Waals surface area (Å²) in [5.74, 6) is 1.33. The monoisotopic (exact) mass is 298 g/mol. The fourth-order valence-corrected chi connectivity index (χ4v) is 2.69. The van der Waals surface area contributed by atoms with E-state index in [-0.39, 0.29) is 0 Å². The topological polar surface area (TPSA) is 47.1 Å². The normalized spacial score (nSPS) is 11.6. The summed E-state index contributed by atoms with van der Waals surface area (Å²) in [6, 6.07) is 8.26. The molecule has 0 aliphatic heterocycles. The zero-order valence-corrected chi connectivity index (χ0v) is 13.4. The van der Waals surface area contributed by atoms with Crippen LogP contribution in [-0.2, 0) is 13.6 Å². The van der Waals surface area contributed by atoms with Gasteiger partial charge in [0.2, 0.25) is 11.7 Å². The average Bonchev–Trinajstić information content (AvgIpc) is 3.10. The summed E-state index contributed by atoms with van der Waals surface area (Å²) in [6.07, 6.45) is 4.43. The maximum absolute atomic E-state index is 5.42. The lowest BCUT2D eigenvalue weighted by Crippen LogP contribution is -2.19. The first kappa shape index (κ1) is 14.8. The average molecular weight is 298 g/mol. The second-order valence-corrected chi connectivity index (χ2v) is 5.77. The van der Waals surface area contributed by atoms with Crippen molar-refractivity contribution in [3.63, 3.8) is 0 Å². The summed E-state index contributed by atoms with van der Waals surface area (Å²) in [5, 5.41) is 5.31. The van der Waals surface area contributed by atoms with Crippen LogP contribution < -0.4 is 0 Å². The minimum absolute atomic E-state index is 0.663. The Morgan fingerprint density at radius 2 is 2.09 bits per heavy atom. The molecule has 116 valence electrons.